The van der Waals surface area contributed by atoms with Gasteiger partial charge in [0.05, 0.1) is 0 Å². The molecule has 0 atom stereocenters. The molecule has 102 valence electrons. The molecule has 0 spiro atoms. The first-order chi connectivity index (χ1) is 8.76. The second-order valence-corrected chi connectivity index (χ2v) is 9.11. The van der Waals surface area contributed by atoms with Crippen LogP contribution in [0.1, 0.15) is 32.3 Å². The maximum atomic E-state index is 6.10. The van der Waals surface area contributed by atoms with Crippen molar-refractivity contribution >= 4 is 24.5 Å². The van der Waals surface area contributed by atoms with Crippen LogP contribution in [0.15, 0.2) is 30.3 Å². The maximum Gasteiger partial charge on any atom is 0.353 e. The molecule has 0 amide bonds. The molecule has 0 radical (unpaired) electrons. The Labute approximate surface area is 120 Å². The fourth-order valence-electron chi connectivity index (χ4n) is 1.75. The van der Waals surface area contributed by atoms with Gasteiger partial charge < -0.3 is 8.85 Å². The van der Waals surface area contributed by atoms with Crippen LogP contribution in [0, 0.1) is 0 Å². The van der Waals surface area contributed by atoms with E-state index in [1.165, 1.54) is 5.56 Å². The highest BCUT2D eigenvalue weighted by atomic mass is 79.9. The first kappa shape index (κ1) is 15.9. The molecule has 0 saturated heterocycles. The molecule has 1 rings (SSSR count). The predicted molar refractivity (Wildman–Crippen MR) is 82.2 cm³/mol. The number of rotatable bonds is 9. The van der Waals surface area contributed by atoms with Gasteiger partial charge >= 0.3 is 8.56 Å². The molecule has 0 aliphatic heterocycles. The summed E-state index contributed by atoms with van der Waals surface area (Å²) in [6, 6.07) is 11.4. The highest BCUT2D eigenvalue weighted by Gasteiger charge is 2.36. The normalized spacial score (nSPS) is 11.7. The molecule has 0 N–H and O–H groups in total. The van der Waals surface area contributed by atoms with E-state index >= 15 is 0 Å². The molecule has 1 aromatic carbocycles. The second kappa shape index (κ2) is 8.86. The van der Waals surface area contributed by atoms with Crippen LogP contribution >= 0.6 is 15.9 Å². The molecular formula is C14H23BrO2Si. The van der Waals surface area contributed by atoms with Crippen LogP contribution in [-0.2, 0) is 14.9 Å². The first-order valence-electron chi connectivity index (χ1n) is 6.64. The van der Waals surface area contributed by atoms with Crippen molar-refractivity contribution in [2.24, 2.45) is 0 Å². The van der Waals surface area contributed by atoms with Crippen LogP contribution in [0.4, 0.5) is 0 Å². The molecule has 0 saturated carbocycles. The average Bonchev–Trinajstić information content (AvgIpc) is 2.43. The summed E-state index contributed by atoms with van der Waals surface area (Å²) in [6.45, 7) is 5.84. The van der Waals surface area contributed by atoms with Crippen molar-refractivity contribution in [2.45, 2.75) is 32.7 Å². The topological polar surface area (TPSA) is 18.5 Å². The molecule has 1 aromatic rings. The Morgan fingerprint density at radius 1 is 1.00 bits per heavy atom. The van der Waals surface area contributed by atoms with Crippen LogP contribution in [0.5, 0.6) is 0 Å². The molecule has 4 heteroatoms. The minimum absolute atomic E-state index is 0.786. The average molecular weight is 331 g/mol. The lowest BCUT2D eigenvalue weighted by atomic mass is 10.2. The predicted octanol–water partition coefficient (Wildman–Crippen LogP) is 4.00. The minimum Gasteiger partial charge on any atom is -0.394 e. The monoisotopic (exact) mass is 330 g/mol. The van der Waals surface area contributed by atoms with Crippen LogP contribution < -0.4 is 0 Å². The summed E-state index contributed by atoms with van der Waals surface area (Å²) >= 11 is 3.60. The molecule has 18 heavy (non-hydrogen) atoms. The van der Waals surface area contributed by atoms with Gasteiger partial charge in [0, 0.05) is 24.2 Å². The highest BCUT2D eigenvalue weighted by Crippen LogP contribution is 2.18. The van der Waals surface area contributed by atoms with Gasteiger partial charge in [0.2, 0.25) is 0 Å². The zero-order chi connectivity index (χ0) is 13.3. The third-order valence-corrected chi connectivity index (χ3v) is 8.04. The molecule has 0 aromatic heterocycles. The molecule has 0 heterocycles. The van der Waals surface area contributed by atoms with Crippen molar-refractivity contribution in [3.05, 3.63) is 35.9 Å². The Kier molecular flexibility index (Phi) is 7.82. The van der Waals surface area contributed by atoms with Crippen molar-refractivity contribution < 1.29 is 8.85 Å². The van der Waals surface area contributed by atoms with Crippen molar-refractivity contribution in [3.63, 3.8) is 0 Å². The molecule has 0 unspecified atom stereocenters. The van der Waals surface area contributed by atoms with E-state index in [-0.39, 0.29) is 0 Å². The summed E-state index contributed by atoms with van der Waals surface area (Å²) in [5, 5.41) is 0. The van der Waals surface area contributed by atoms with Crippen LogP contribution in [-0.4, -0.2) is 26.7 Å². The number of alkyl halides is 1. The summed E-state index contributed by atoms with van der Waals surface area (Å²) in [5.41, 5.74) is 1.30. The largest absolute Gasteiger partial charge is 0.394 e. The fraction of sp³-hybridized carbons (Fsp3) is 0.571. The number of halogens is 1. The van der Waals surface area contributed by atoms with Gasteiger partial charge in [-0.05, 0) is 18.4 Å². The van der Waals surface area contributed by atoms with Crippen molar-refractivity contribution in [2.75, 3.05) is 18.2 Å². The minimum atomic E-state index is -2.14. The van der Waals surface area contributed by atoms with Gasteiger partial charge in [-0.1, -0.05) is 60.1 Å². The highest BCUT2D eigenvalue weighted by molar-refractivity contribution is 9.09. The molecule has 2 nitrogen and oxygen atoms in total. The second-order valence-electron chi connectivity index (χ2n) is 4.40. The Morgan fingerprint density at radius 3 is 2.00 bits per heavy atom. The van der Waals surface area contributed by atoms with Crippen molar-refractivity contribution in [3.8, 4) is 0 Å². The summed E-state index contributed by atoms with van der Waals surface area (Å²) in [6.07, 6.45) is 2.07. The SMILES string of the molecule is CCCO[Si](CBr)(Cc1ccccc1)OCCC. The van der Waals surface area contributed by atoms with E-state index in [1.54, 1.807) is 0 Å². The van der Waals surface area contributed by atoms with Gasteiger partial charge in [0.15, 0.2) is 0 Å². The quantitative estimate of drug-likeness (QED) is 0.503. The van der Waals surface area contributed by atoms with Crippen molar-refractivity contribution in [1.82, 2.24) is 0 Å². The van der Waals surface area contributed by atoms with Gasteiger partial charge in [-0.15, -0.1) is 0 Å². The third-order valence-electron chi connectivity index (χ3n) is 2.66. The molecular weight excluding hydrogens is 308 g/mol. The summed E-state index contributed by atoms with van der Waals surface area (Å²) in [5.74, 6) is 0. The Balaban J connectivity index is 2.73. The van der Waals surface area contributed by atoms with Crippen LogP contribution in [0.2, 0.25) is 0 Å². The first-order valence-corrected chi connectivity index (χ1v) is 9.99. The Morgan fingerprint density at radius 2 is 1.56 bits per heavy atom. The lowest BCUT2D eigenvalue weighted by Gasteiger charge is -2.29. The Bertz CT molecular complexity index is 311. The van der Waals surface area contributed by atoms with E-state index in [0.717, 1.165) is 37.1 Å². The fourth-order valence-corrected chi connectivity index (χ4v) is 5.86. The van der Waals surface area contributed by atoms with E-state index in [1.807, 2.05) is 6.07 Å². The lowest BCUT2D eigenvalue weighted by molar-refractivity contribution is 0.172. The molecule has 0 bridgehead atoms. The van der Waals surface area contributed by atoms with Gasteiger partial charge in [-0.3, -0.25) is 0 Å². The summed E-state index contributed by atoms with van der Waals surface area (Å²) in [7, 11) is -2.14. The van der Waals surface area contributed by atoms with E-state index in [0.29, 0.717) is 0 Å². The van der Waals surface area contributed by atoms with Crippen molar-refractivity contribution in [1.29, 1.82) is 0 Å². The standard InChI is InChI=1S/C14H23BrO2Si/c1-3-10-16-18(13-15,17-11-4-2)12-14-8-6-5-7-9-14/h5-9H,3-4,10-13H2,1-2H3. The number of benzene rings is 1. The van der Waals surface area contributed by atoms with E-state index in [9.17, 15) is 0 Å². The summed E-state index contributed by atoms with van der Waals surface area (Å²) in [4.78, 5) is 0.828. The van der Waals surface area contributed by atoms with Crippen LogP contribution in [0.3, 0.4) is 0 Å². The van der Waals surface area contributed by atoms with E-state index in [2.05, 4.69) is 54.0 Å². The molecule has 0 aliphatic carbocycles. The number of hydrogen-bond acceptors (Lipinski definition) is 2. The Hall–Kier alpha value is -0.163. The summed E-state index contributed by atoms with van der Waals surface area (Å²) < 4.78 is 12.2. The number of hydrogen-bond donors (Lipinski definition) is 0. The van der Waals surface area contributed by atoms with E-state index in [4.69, 9.17) is 8.85 Å². The third kappa shape index (κ3) is 5.22. The molecule has 0 aliphatic rings. The van der Waals surface area contributed by atoms with Crippen LogP contribution in [0.25, 0.3) is 0 Å². The van der Waals surface area contributed by atoms with Gasteiger partial charge in [0.25, 0.3) is 0 Å². The molecule has 0 fully saturated rings. The maximum absolute atomic E-state index is 6.10. The van der Waals surface area contributed by atoms with Gasteiger partial charge in [-0.2, -0.15) is 0 Å². The van der Waals surface area contributed by atoms with E-state index < -0.39 is 8.56 Å². The zero-order valence-electron chi connectivity index (χ0n) is 11.3. The van der Waals surface area contributed by atoms with Gasteiger partial charge in [0.1, 0.15) is 0 Å². The lowest BCUT2D eigenvalue weighted by Crippen LogP contribution is -2.48. The smallest absolute Gasteiger partial charge is 0.353 e. The zero-order valence-corrected chi connectivity index (χ0v) is 13.9. The van der Waals surface area contributed by atoms with Gasteiger partial charge in [-0.25, -0.2) is 0 Å².